The van der Waals surface area contributed by atoms with Gasteiger partial charge in [0.2, 0.25) is 0 Å². The van der Waals surface area contributed by atoms with E-state index in [0.717, 1.165) is 0 Å². The summed E-state index contributed by atoms with van der Waals surface area (Å²) in [5, 5.41) is 0.570. The van der Waals surface area contributed by atoms with Crippen LogP contribution in [0.15, 0.2) is 63.8 Å². The summed E-state index contributed by atoms with van der Waals surface area (Å²) in [6.45, 7) is -0.141. The molecule has 150 valence electrons. The van der Waals surface area contributed by atoms with Gasteiger partial charge in [-0.1, -0.05) is 36.4 Å². The molecule has 2 aromatic carbocycles. The molecule has 3 aromatic rings. The monoisotopic (exact) mass is 415 g/mol. The van der Waals surface area contributed by atoms with Crippen molar-refractivity contribution in [2.24, 2.45) is 0 Å². The third-order valence-corrected chi connectivity index (χ3v) is 6.83. The van der Waals surface area contributed by atoms with E-state index in [2.05, 4.69) is 0 Å². The van der Waals surface area contributed by atoms with E-state index in [4.69, 9.17) is 4.42 Å². The van der Waals surface area contributed by atoms with Crippen molar-refractivity contribution >= 4 is 26.7 Å². The van der Waals surface area contributed by atoms with E-state index in [-0.39, 0.29) is 35.6 Å². The standard InChI is InChI=1S/C21H18FNO5S/c22-18-7-3-1-6-15(18)12-23(16-9-10-29(26,27)13-16)20(24)17-11-14-5-2-4-8-19(14)28-21(17)25/h1-8,11,16H,9-10,12-13H2. The molecule has 0 bridgehead atoms. The number of nitrogens with zero attached hydrogens (tertiary/aromatic N) is 1. The number of amides is 1. The molecule has 8 heteroatoms. The minimum absolute atomic E-state index is 0.0505. The second-order valence-electron chi connectivity index (χ2n) is 7.07. The molecule has 1 atom stereocenters. The second kappa shape index (κ2) is 7.44. The van der Waals surface area contributed by atoms with Crippen LogP contribution in [-0.4, -0.2) is 36.8 Å². The topological polar surface area (TPSA) is 84.7 Å². The molecule has 1 saturated heterocycles. The zero-order valence-corrected chi connectivity index (χ0v) is 16.2. The van der Waals surface area contributed by atoms with Crippen LogP contribution in [-0.2, 0) is 16.4 Å². The molecule has 2 heterocycles. The summed E-state index contributed by atoms with van der Waals surface area (Å²) >= 11 is 0. The summed E-state index contributed by atoms with van der Waals surface area (Å²) < 4.78 is 43.4. The van der Waals surface area contributed by atoms with Gasteiger partial charge in [-0.2, -0.15) is 0 Å². The summed E-state index contributed by atoms with van der Waals surface area (Å²) in [4.78, 5) is 27.0. The number of hydrogen-bond donors (Lipinski definition) is 0. The average Bonchev–Trinajstić information content (AvgIpc) is 3.05. The fourth-order valence-electron chi connectivity index (χ4n) is 3.56. The highest BCUT2D eigenvalue weighted by Crippen LogP contribution is 2.23. The predicted octanol–water partition coefficient (Wildman–Crippen LogP) is 2.76. The van der Waals surface area contributed by atoms with Gasteiger partial charge in [-0.3, -0.25) is 4.79 Å². The Morgan fingerprint density at radius 1 is 1.14 bits per heavy atom. The number of rotatable bonds is 4. The molecule has 6 nitrogen and oxygen atoms in total. The fourth-order valence-corrected chi connectivity index (χ4v) is 5.29. The Labute approximate surface area is 166 Å². The molecule has 1 aliphatic rings. The predicted molar refractivity (Wildman–Crippen MR) is 106 cm³/mol. The summed E-state index contributed by atoms with van der Waals surface area (Å²) in [6.07, 6.45) is 0.238. The maximum Gasteiger partial charge on any atom is 0.349 e. The van der Waals surface area contributed by atoms with Crippen LogP contribution in [0.3, 0.4) is 0 Å². The second-order valence-corrected chi connectivity index (χ2v) is 9.30. The molecule has 0 radical (unpaired) electrons. The molecule has 29 heavy (non-hydrogen) atoms. The average molecular weight is 415 g/mol. The number of sulfone groups is 1. The lowest BCUT2D eigenvalue weighted by molar-refractivity contribution is 0.0675. The van der Waals surface area contributed by atoms with E-state index in [9.17, 15) is 22.4 Å². The van der Waals surface area contributed by atoms with Crippen molar-refractivity contribution in [2.45, 2.75) is 19.0 Å². The zero-order chi connectivity index (χ0) is 20.6. The first-order valence-electron chi connectivity index (χ1n) is 9.12. The lowest BCUT2D eigenvalue weighted by Crippen LogP contribution is -2.42. The smallest absolute Gasteiger partial charge is 0.349 e. The van der Waals surface area contributed by atoms with Gasteiger partial charge in [-0.25, -0.2) is 17.6 Å². The van der Waals surface area contributed by atoms with Crippen LogP contribution in [0.1, 0.15) is 22.3 Å². The van der Waals surface area contributed by atoms with E-state index in [0.29, 0.717) is 11.0 Å². The van der Waals surface area contributed by atoms with Crippen LogP contribution < -0.4 is 5.63 Å². The third kappa shape index (κ3) is 3.93. The first kappa shape index (κ1) is 19.3. The van der Waals surface area contributed by atoms with E-state index >= 15 is 0 Å². The highest BCUT2D eigenvalue weighted by molar-refractivity contribution is 7.91. The van der Waals surface area contributed by atoms with Gasteiger partial charge < -0.3 is 9.32 Å². The van der Waals surface area contributed by atoms with Gasteiger partial charge in [0.15, 0.2) is 9.84 Å². The molecule has 1 fully saturated rings. The van der Waals surface area contributed by atoms with Gasteiger partial charge in [0.25, 0.3) is 5.91 Å². The zero-order valence-electron chi connectivity index (χ0n) is 15.4. The summed E-state index contributed by atoms with van der Waals surface area (Å²) in [7, 11) is -3.29. The Kier molecular flexibility index (Phi) is 4.96. The first-order chi connectivity index (χ1) is 13.8. The summed E-state index contributed by atoms with van der Waals surface area (Å²) in [5.41, 5.74) is -0.425. The minimum atomic E-state index is -3.29. The SMILES string of the molecule is O=C(c1cc2ccccc2oc1=O)N(Cc1ccccc1F)C1CCS(=O)(=O)C1. The van der Waals surface area contributed by atoms with Crippen molar-refractivity contribution in [3.8, 4) is 0 Å². The maximum atomic E-state index is 14.2. The Morgan fingerprint density at radius 2 is 1.86 bits per heavy atom. The largest absolute Gasteiger partial charge is 0.422 e. The van der Waals surface area contributed by atoms with Crippen molar-refractivity contribution in [3.05, 3.63) is 82.0 Å². The highest BCUT2D eigenvalue weighted by atomic mass is 32.2. The van der Waals surface area contributed by atoms with Gasteiger partial charge in [0, 0.05) is 23.5 Å². The lowest BCUT2D eigenvalue weighted by atomic mass is 10.1. The molecule has 0 N–H and O–H groups in total. The molecule has 1 unspecified atom stereocenters. The summed E-state index contributed by atoms with van der Waals surface area (Å²) in [6, 6.07) is 13.5. The number of fused-ring (bicyclic) bond motifs is 1. The van der Waals surface area contributed by atoms with Gasteiger partial charge in [0.1, 0.15) is 17.0 Å². The van der Waals surface area contributed by atoms with E-state index in [1.54, 1.807) is 30.3 Å². The Morgan fingerprint density at radius 3 is 2.59 bits per heavy atom. The quantitative estimate of drug-likeness (QED) is 0.612. The molecule has 0 spiro atoms. The van der Waals surface area contributed by atoms with Crippen molar-refractivity contribution in [2.75, 3.05) is 11.5 Å². The van der Waals surface area contributed by atoms with Crippen LogP contribution in [0.4, 0.5) is 4.39 Å². The molecule has 1 aliphatic heterocycles. The molecule has 0 aliphatic carbocycles. The number of para-hydroxylation sites is 1. The summed E-state index contributed by atoms with van der Waals surface area (Å²) in [5.74, 6) is -1.44. The van der Waals surface area contributed by atoms with E-state index in [1.807, 2.05) is 0 Å². The third-order valence-electron chi connectivity index (χ3n) is 5.08. The molecular weight excluding hydrogens is 397 g/mol. The molecular formula is C21H18FNO5S. The normalized spacial score (nSPS) is 18.0. The van der Waals surface area contributed by atoms with Crippen molar-refractivity contribution in [1.82, 2.24) is 4.90 Å². The van der Waals surface area contributed by atoms with E-state index < -0.39 is 33.2 Å². The van der Waals surface area contributed by atoms with Gasteiger partial charge in [-0.15, -0.1) is 0 Å². The molecule has 1 amide bonds. The maximum absolute atomic E-state index is 14.2. The van der Waals surface area contributed by atoms with Gasteiger partial charge in [0.05, 0.1) is 11.5 Å². The van der Waals surface area contributed by atoms with Crippen LogP contribution in [0.2, 0.25) is 0 Å². The molecule has 0 saturated carbocycles. The van der Waals surface area contributed by atoms with Crippen LogP contribution in [0.5, 0.6) is 0 Å². The Bertz CT molecular complexity index is 1250. The Hall–Kier alpha value is -3.00. The first-order valence-corrected chi connectivity index (χ1v) is 10.9. The minimum Gasteiger partial charge on any atom is -0.422 e. The van der Waals surface area contributed by atoms with Crippen LogP contribution >= 0.6 is 0 Å². The number of carbonyl (C=O) groups is 1. The van der Waals surface area contributed by atoms with E-state index in [1.165, 1.54) is 29.2 Å². The number of carbonyl (C=O) groups excluding carboxylic acids is 1. The van der Waals surface area contributed by atoms with Crippen LogP contribution in [0.25, 0.3) is 11.0 Å². The number of hydrogen-bond acceptors (Lipinski definition) is 5. The van der Waals surface area contributed by atoms with Crippen molar-refractivity contribution in [3.63, 3.8) is 0 Å². The van der Waals surface area contributed by atoms with Gasteiger partial charge >= 0.3 is 5.63 Å². The highest BCUT2D eigenvalue weighted by Gasteiger charge is 2.36. The fraction of sp³-hybridized carbons (Fsp3) is 0.238. The molecule has 1 aromatic heterocycles. The number of halogens is 1. The Balaban J connectivity index is 1.76. The molecule has 4 rings (SSSR count). The van der Waals surface area contributed by atoms with Crippen molar-refractivity contribution in [1.29, 1.82) is 0 Å². The van der Waals surface area contributed by atoms with Crippen LogP contribution in [0, 0.1) is 5.82 Å². The lowest BCUT2D eigenvalue weighted by Gasteiger charge is -2.28. The van der Waals surface area contributed by atoms with Gasteiger partial charge in [-0.05, 0) is 24.6 Å². The van der Waals surface area contributed by atoms with Crippen molar-refractivity contribution < 1.29 is 22.0 Å². The number of benzene rings is 2.